The van der Waals surface area contributed by atoms with Crippen LogP contribution in [0.15, 0.2) is 60.7 Å². The van der Waals surface area contributed by atoms with E-state index in [-0.39, 0.29) is 31.7 Å². The Morgan fingerprint density at radius 3 is 1.60 bits per heavy atom. The van der Waals surface area contributed by atoms with Crippen molar-refractivity contribution in [3.05, 3.63) is 71.8 Å². The van der Waals surface area contributed by atoms with Crippen LogP contribution in [0.2, 0.25) is 0 Å². The van der Waals surface area contributed by atoms with Crippen LogP contribution >= 0.6 is 0 Å². The van der Waals surface area contributed by atoms with E-state index < -0.39 is 144 Å². The summed E-state index contributed by atoms with van der Waals surface area (Å²) < 4.78 is 0. The Morgan fingerprint density at radius 2 is 1.10 bits per heavy atom. The molecule has 0 saturated carbocycles. The molecule has 2 aromatic rings. The molecule has 0 aliphatic carbocycles. The number of hydrogen-bond donors (Lipinski definition) is 12. The normalized spacial score (nSPS) is 16.9. The van der Waals surface area contributed by atoms with Gasteiger partial charge in [-0.25, -0.2) is 0 Å². The molecule has 1 aliphatic rings. The lowest BCUT2D eigenvalue weighted by molar-refractivity contribution is -0.142. The summed E-state index contributed by atoms with van der Waals surface area (Å²) in [5.41, 5.74) is 18.4. The van der Waals surface area contributed by atoms with Crippen molar-refractivity contribution in [1.29, 1.82) is 0 Å². The molecule has 1 heterocycles. The van der Waals surface area contributed by atoms with Crippen molar-refractivity contribution in [3.8, 4) is 0 Å². The Balaban J connectivity index is 1.63. The molecule has 24 heteroatoms. The predicted octanol–water partition coefficient (Wildman–Crippen LogP) is -3.61. The lowest BCUT2D eigenvalue weighted by atomic mass is 10.0. The lowest BCUT2D eigenvalue weighted by Crippen LogP contribution is -2.61. The number of nitrogens with zero attached hydrogens (tertiary/aromatic N) is 1. The van der Waals surface area contributed by atoms with Gasteiger partial charge < -0.3 is 69.7 Å². The number of aliphatic hydroxyl groups is 1. The van der Waals surface area contributed by atoms with Crippen molar-refractivity contribution in [1.82, 2.24) is 47.4 Å². The summed E-state index contributed by atoms with van der Waals surface area (Å²) in [6, 6.07) is 6.08. The summed E-state index contributed by atoms with van der Waals surface area (Å²) in [7, 11) is 0. The van der Waals surface area contributed by atoms with Crippen molar-refractivity contribution >= 4 is 65.0 Å². The molecule has 10 atom stereocenters. The minimum Gasteiger partial charge on any atom is -0.391 e. The van der Waals surface area contributed by atoms with Gasteiger partial charge in [0.1, 0.15) is 48.3 Å². The summed E-state index contributed by atoms with van der Waals surface area (Å²) in [5, 5.41) is 30.2. The quantitative estimate of drug-likeness (QED) is 0.0412. The molecule has 73 heavy (non-hydrogen) atoms. The molecule has 0 radical (unpaired) electrons. The highest BCUT2D eigenvalue weighted by Gasteiger charge is 2.40. The van der Waals surface area contributed by atoms with Crippen molar-refractivity contribution in [2.24, 2.45) is 29.0 Å². The van der Waals surface area contributed by atoms with Crippen LogP contribution in [0.5, 0.6) is 0 Å². The van der Waals surface area contributed by atoms with E-state index in [1.807, 2.05) is 0 Å². The van der Waals surface area contributed by atoms with Crippen LogP contribution in [0.25, 0.3) is 0 Å². The van der Waals surface area contributed by atoms with E-state index in [1.54, 1.807) is 88.4 Å². The fourth-order valence-corrected chi connectivity index (χ4v) is 7.64. The summed E-state index contributed by atoms with van der Waals surface area (Å²) in [6.45, 7) is 10.1. The fraction of sp³-hybridized carbons (Fsp3) is 0.531. The number of nitrogens with two attached hydrogens (primary N) is 3. The van der Waals surface area contributed by atoms with Crippen LogP contribution in [-0.4, -0.2) is 149 Å². The van der Waals surface area contributed by atoms with Gasteiger partial charge in [0.15, 0.2) is 0 Å². The molecule has 0 bridgehead atoms. The Morgan fingerprint density at radius 1 is 0.589 bits per heavy atom. The highest BCUT2D eigenvalue weighted by atomic mass is 16.3. The van der Waals surface area contributed by atoms with Crippen molar-refractivity contribution in [2.75, 3.05) is 13.1 Å². The van der Waals surface area contributed by atoms with Gasteiger partial charge in [-0.1, -0.05) is 88.4 Å². The highest BCUT2D eigenvalue weighted by molar-refractivity contribution is 5.99. The van der Waals surface area contributed by atoms with E-state index in [4.69, 9.17) is 17.2 Å². The van der Waals surface area contributed by atoms with Crippen LogP contribution in [0.4, 0.5) is 0 Å². The number of rotatable bonds is 27. The van der Waals surface area contributed by atoms with Gasteiger partial charge in [-0.2, -0.15) is 0 Å². The van der Waals surface area contributed by atoms with Gasteiger partial charge in [-0.05, 0) is 56.6 Å². The van der Waals surface area contributed by atoms with Gasteiger partial charge in [-0.3, -0.25) is 52.7 Å². The topological polar surface area (TPSA) is 386 Å². The van der Waals surface area contributed by atoms with E-state index in [2.05, 4.69) is 42.5 Å². The first kappa shape index (κ1) is 59.8. The second-order valence-corrected chi connectivity index (χ2v) is 18.8. The van der Waals surface area contributed by atoms with Crippen LogP contribution < -0.4 is 59.7 Å². The number of likely N-dealkylation sites (tertiary alicyclic amines) is 1. The van der Waals surface area contributed by atoms with Crippen LogP contribution in [-0.2, 0) is 65.6 Å². The van der Waals surface area contributed by atoms with Gasteiger partial charge in [-0.15, -0.1) is 0 Å². The van der Waals surface area contributed by atoms with E-state index in [0.29, 0.717) is 12.0 Å². The standard InChI is InChI=1S/C49H72N12O12/c1-25(2)38(51)49(73)61-20-14-19-35(61)46(70)60-40(29(7)62)48(72)58-34(23-36(50)63)45(69)59-39(26(3)4)47(71)53-24-37(64)54-27(5)42(66)57-33(22-31-17-12-9-13-18-31)44(68)55-28(6)43(67)56-32(41(52)65)21-30-15-10-8-11-16-30/h8-13,15-18,25-29,32-35,38-40,62H,14,19-24,51H2,1-7H3,(H2,50,63)(H2,52,65)(H,53,71)(H,54,64)(H,55,68)(H,56,67)(H,57,66)(H,58,72)(H,59,69)(H,60,70)/t27-,28-,29+,32-,33-,34-,35-,38-,39-,40-/m0/s1. The van der Waals surface area contributed by atoms with E-state index >= 15 is 0 Å². The van der Waals surface area contributed by atoms with Gasteiger partial charge in [0, 0.05) is 19.4 Å². The first-order valence-corrected chi connectivity index (χ1v) is 24.1. The molecular formula is C49H72N12O12. The number of aliphatic hydroxyl groups excluding tert-OH is 1. The average Bonchev–Trinajstić information content (AvgIpc) is 3.83. The SMILES string of the molecule is CC(C)[C@H](N)C(=O)N1CCC[C@H]1C(=O)N[C@H](C(=O)N[C@@H](CC(N)=O)C(=O)N[C@H](C(=O)NCC(=O)N[C@@H](C)C(=O)N[C@@H](Cc1ccccc1)C(=O)N[C@@H](C)C(=O)N[C@@H](Cc1ccccc1)C(N)=O)C(C)C)[C@@H](C)O. The summed E-state index contributed by atoms with van der Waals surface area (Å²) >= 11 is 0. The smallest absolute Gasteiger partial charge is 0.245 e. The van der Waals surface area contributed by atoms with Crippen molar-refractivity contribution in [3.63, 3.8) is 0 Å². The lowest BCUT2D eigenvalue weighted by Gasteiger charge is -2.30. The molecule has 2 aromatic carbocycles. The average molecular weight is 1020 g/mol. The largest absolute Gasteiger partial charge is 0.391 e. The third-order valence-corrected chi connectivity index (χ3v) is 12.0. The van der Waals surface area contributed by atoms with Crippen LogP contribution in [0.1, 0.15) is 78.9 Å². The van der Waals surface area contributed by atoms with Gasteiger partial charge in [0.25, 0.3) is 0 Å². The maximum absolute atomic E-state index is 13.6. The Labute approximate surface area is 424 Å². The third kappa shape index (κ3) is 18.9. The molecule has 0 unspecified atom stereocenters. The Kier molecular flexibility index (Phi) is 23.4. The summed E-state index contributed by atoms with van der Waals surface area (Å²) in [4.78, 5) is 146. The number of benzene rings is 2. The minimum atomic E-state index is -1.71. The van der Waals surface area contributed by atoms with E-state index in [0.717, 1.165) is 5.56 Å². The molecule has 0 spiro atoms. The second-order valence-electron chi connectivity index (χ2n) is 18.8. The van der Waals surface area contributed by atoms with Crippen LogP contribution in [0, 0.1) is 11.8 Å². The third-order valence-electron chi connectivity index (χ3n) is 12.0. The fourth-order valence-electron chi connectivity index (χ4n) is 7.64. The molecule has 0 aromatic heterocycles. The van der Waals surface area contributed by atoms with Crippen molar-refractivity contribution < 1.29 is 57.8 Å². The number of amides is 11. The molecule has 24 nitrogen and oxygen atoms in total. The van der Waals surface area contributed by atoms with Crippen LogP contribution in [0.3, 0.4) is 0 Å². The maximum Gasteiger partial charge on any atom is 0.245 e. The Bertz CT molecular complexity index is 2280. The van der Waals surface area contributed by atoms with Gasteiger partial charge in [0.05, 0.1) is 25.1 Å². The molecule has 400 valence electrons. The molecule has 11 amide bonds. The predicted molar refractivity (Wildman–Crippen MR) is 265 cm³/mol. The summed E-state index contributed by atoms with van der Waals surface area (Å²) in [5.74, 6) is -10.0. The highest BCUT2D eigenvalue weighted by Crippen LogP contribution is 2.20. The molecule has 1 saturated heterocycles. The number of hydrogen-bond acceptors (Lipinski definition) is 13. The zero-order chi connectivity index (χ0) is 54.7. The molecule has 1 aliphatic heterocycles. The van der Waals surface area contributed by atoms with E-state index in [9.17, 15) is 57.8 Å². The molecule has 15 N–H and O–H groups in total. The number of carbonyl (C=O) groups excluding carboxylic acids is 11. The summed E-state index contributed by atoms with van der Waals surface area (Å²) in [6.07, 6.45) is -1.47. The van der Waals surface area contributed by atoms with E-state index in [1.165, 1.54) is 25.7 Å². The number of carbonyl (C=O) groups is 11. The zero-order valence-corrected chi connectivity index (χ0v) is 42.3. The second kappa shape index (κ2) is 28.5. The number of primary amides is 2. The minimum absolute atomic E-state index is 0.0253. The Hall–Kier alpha value is -7.47. The maximum atomic E-state index is 13.6. The monoisotopic (exact) mass is 1020 g/mol. The zero-order valence-electron chi connectivity index (χ0n) is 42.3. The molecule has 1 fully saturated rings. The molecular weight excluding hydrogens is 949 g/mol. The van der Waals surface area contributed by atoms with Crippen molar-refractivity contribution in [2.45, 2.75) is 141 Å². The first-order chi connectivity index (χ1) is 34.3. The van der Waals surface area contributed by atoms with Gasteiger partial charge >= 0.3 is 0 Å². The number of nitrogens with one attached hydrogen (secondary N) is 8. The van der Waals surface area contributed by atoms with Gasteiger partial charge in [0.2, 0.25) is 65.0 Å². The first-order valence-electron chi connectivity index (χ1n) is 24.1. The molecule has 3 rings (SSSR count).